The van der Waals surface area contributed by atoms with Gasteiger partial charge in [-0.3, -0.25) is 14.4 Å². The lowest BCUT2D eigenvalue weighted by Gasteiger charge is -2.20. The zero-order valence-corrected chi connectivity index (χ0v) is 12.3. The van der Waals surface area contributed by atoms with Crippen molar-refractivity contribution in [2.24, 2.45) is 0 Å². The molecule has 0 unspecified atom stereocenters. The number of nitrogens with one attached hydrogen (secondary N) is 3. The van der Waals surface area contributed by atoms with E-state index in [2.05, 4.69) is 20.8 Å². The van der Waals surface area contributed by atoms with E-state index in [1.807, 2.05) is 6.07 Å². The number of rotatable bonds is 3. The Morgan fingerprint density at radius 2 is 2.13 bits per heavy atom. The number of aromatic nitrogens is 2. The van der Waals surface area contributed by atoms with Gasteiger partial charge in [0.2, 0.25) is 0 Å². The Kier molecular flexibility index (Phi) is 3.80. The summed E-state index contributed by atoms with van der Waals surface area (Å²) in [6, 6.07) is 7.56. The standard InChI is InChI=1S/C15H14N4O4/c1-8(16-15(22)10-3-5-13(20)19-18-10)9-2-4-12-11(6-9)17-14(21)7-23-12/h2-6,8H,7H2,1H3,(H,16,22)(H,17,21)(H,19,20)/t8-/m0/s1. The Hall–Kier alpha value is -3.16. The number of hydrogen-bond donors (Lipinski definition) is 3. The number of nitrogens with zero attached hydrogens (tertiary/aromatic N) is 1. The molecule has 1 aliphatic rings. The second-order valence-electron chi connectivity index (χ2n) is 5.09. The number of benzene rings is 1. The number of anilines is 1. The molecule has 1 aromatic carbocycles. The summed E-state index contributed by atoms with van der Waals surface area (Å²) in [7, 11) is 0. The fourth-order valence-electron chi connectivity index (χ4n) is 2.19. The summed E-state index contributed by atoms with van der Waals surface area (Å²) in [5, 5.41) is 11.4. The van der Waals surface area contributed by atoms with Gasteiger partial charge in [0.15, 0.2) is 6.61 Å². The molecule has 1 aromatic heterocycles. The highest BCUT2D eigenvalue weighted by Crippen LogP contribution is 2.30. The summed E-state index contributed by atoms with van der Waals surface area (Å²) in [5.41, 5.74) is 1.11. The minimum atomic E-state index is -0.410. The van der Waals surface area contributed by atoms with Crippen molar-refractivity contribution in [3.8, 4) is 5.75 Å². The Morgan fingerprint density at radius 3 is 2.87 bits per heavy atom. The highest BCUT2D eigenvalue weighted by Gasteiger charge is 2.18. The van der Waals surface area contributed by atoms with Crippen LogP contribution in [0.5, 0.6) is 5.75 Å². The van der Waals surface area contributed by atoms with Crippen LogP contribution in [0.4, 0.5) is 5.69 Å². The number of H-pyrrole nitrogens is 1. The van der Waals surface area contributed by atoms with Crippen LogP contribution in [-0.2, 0) is 4.79 Å². The van der Waals surface area contributed by atoms with Crippen molar-refractivity contribution < 1.29 is 14.3 Å². The summed E-state index contributed by atoms with van der Waals surface area (Å²) < 4.78 is 5.29. The molecule has 8 nitrogen and oxygen atoms in total. The van der Waals surface area contributed by atoms with E-state index in [-0.39, 0.29) is 29.8 Å². The third-order valence-corrected chi connectivity index (χ3v) is 3.40. The molecule has 1 atom stereocenters. The zero-order valence-electron chi connectivity index (χ0n) is 12.3. The van der Waals surface area contributed by atoms with E-state index in [4.69, 9.17) is 4.74 Å². The van der Waals surface area contributed by atoms with Crippen LogP contribution in [0.15, 0.2) is 35.1 Å². The van der Waals surface area contributed by atoms with Gasteiger partial charge in [0.25, 0.3) is 17.4 Å². The average molecular weight is 314 g/mol. The summed E-state index contributed by atoms with van der Waals surface area (Å²) in [6.07, 6.45) is 0. The second-order valence-corrected chi connectivity index (χ2v) is 5.09. The molecule has 2 aromatic rings. The predicted octanol–water partition coefficient (Wildman–Crippen LogP) is 0.592. The third-order valence-electron chi connectivity index (χ3n) is 3.40. The second kappa shape index (κ2) is 5.91. The predicted molar refractivity (Wildman–Crippen MR) is 81.3 cm³/mol. The lowest BCUT2D eigenvalue weighted by atomic mass is 10.1. The maximum atomic E-state index is 12.1. The normalized spacial score (nSPS) is 14.2. The largest absolute Gasteiger partial charge is 0.482 e. The van der Waals surface area contributed by atoms with Crippen LogP contribution in [0, 0.1) is 0 Å². The molecule has 3 N–H and O–H groups in total. The van der Waals surface area contributed by atoms with E-state index >= 15 is 0 Å². The molecule has 0 spiro atoms. The monoisotopic (exact) mass is 314 g/mol. The number of aromatic amines is 1. The maximum Gasteiger partial charge on any atom is 0.272 e. The van der Waals surface area contributed by atoms with Crippen molar-refractivity contribution in [2.45, 2.75) is 13.0 Å². The molecule has 2 amide bonds. The first kappa shape index (κ1) is 14.8. The molecule has 0 saturated heterocycles. The smallest absolute Gasteiger partial charge is 0.272 e. The van der Waals surface area contributed by atoms with Crippen LogP contribution in [0.3, 0.4) is 0 Å². The van der Waals surface area contributed by atoms with Crippen molar-refractivity contribution >= 4 is 17.5 Å². The fourth-order valence-corrected chi connectivity index (χ4v) is 2.19. The number of hydrogen-bond acceptors (Lipinski definition) is 5. The van der Waals surface area contributed by atoms with Crippen LogP contribution in [0.2, 0.25) is 0 Å². The van der Waals surface area contributed by atoms with Gasteiger partial charge in [-0.1, -0.05) is 6.07 Å². The van der Waals surface area contributed by atoms with E-state index < -0.39 is 5.91 Å². The Balaban J connectivity index is 1.75. The first-order valence-corrected chi connectivity index (χ1v) is 6.96. The summed E-state index contributed by atoms with van der Waals surface area (Å²) in [4.78, 5) is 34.4. The third kappa shape index (κ3) is 3.20. The van der Waals surface area contributed by atoms with Crippen LogP contribution in [-0.4, -0.2) is 28.6 Å². The van der Waals surface area contributed by atoms with Gasteiger partial charge in [0.1, 0.15) is 11.4 Å². The van der Waals surface area contributed by atoms with Crippen molar-refractivity contribution in [2.75, 3.05) is 11.9 Å². The minimum absolute atomic E-state index is 0.00346. The highest BCUT2D eigenvalue weighted by molar-refractivity contribution is 5.95. The van der Waals surface area contributed by atoms with Crippen LogP contribution in [0.25, 0.3) is 0 Å². The topological polar surface area (TPSA) is 113 Å². The van der Waals surface area contributed by atoms with Gasteiger partial charge >= 0.3 is 0 Å². The van der Waals surface area contributed by atoms with Crippen LogP contribution >= 0.6 is 0 Å². The Bertz CT molecular complexity index is 810. The van der Waals surface area contributed by atoms with Gasteiger partial charge < -0.3 is 15.4 Å². The Morgan fingerprint density at radius 1 is 1.30 bits per heavy atom. The van der Waals surface area contributed by atoms with Crippen LogP contribution < -0.4 is 20.9 Å². The lowest BCUT2D eigenvalue weighted by Crippen LogP contribution is -2.29. The van der Waals surface area contributed by atoms with Gasteiger partial charge in [0, 0.05) is 6.07 Å². The van der Waals surface area contributed by atoms with Crippen LogP contribution in [0.1, 0.15) is 29.0 Å². The minimum Gasteiger partial charge on any atom is -0.482 e. The van der Waals surface area contributed by atoms with Gasteiger partial charge in [-0.05, 0) is 30.7 Å². The summed E-state index contributed by atoms with van der Waals surface area (Å²) in [6.45, 7) is 1.80. The molecule has 0 fully saturated rings. The van der Waals surface area contributed by atoms with Gasteiger partial charge in [-0.2, -0.15) is 5.10 Å². The highest BCUT2D eigenvalue weighted by atomic mass is 16.5. The molecule has 23 heavy (non-hydrogen) atoms. The number of amides is 2. The van der Waals surface area contributed by atoms with Gasteiger partial charge in [-0.25, -0.2) is 5.10 Å². The van der Waals surface area contributed by atoms with E-state index in [1.165, 1.54) is 12.1 Å². The molecular weight excluding hydrogens is 300 g/mol. The SMILES string of the molecule is C[C@H](NC(=O)c1ccc(=O)[nH]n1)c1ccc2c(c1)NC(=O)CO2. The molecule has 0 bridgehead atoms. The lowest BCUT2D eigenvalue weighted by molar-refractivity contribution is -0.118. The number of carbonyl (C=O) groups is 2. The molecule has 2 heterocycles. The number of fused-ring (bicyclic) bond motifs is 1. The number of ether oxygens (including phenoxy) is 1. The van der Waals surface area contributed by atoms with Crippen molar-refractivity contribution in [1.82, 2.24) is 15.5 Å². The summed E-state index contributed by atoms with van der Waals surface area (Å²) in [5.74, 6) is -0.0373. The number of carbonyl (C=O) groups excluding carboxylic acids is 2. The molecule has 0 radical (unpaired) electrons. The Labute approximate surface area is 130 Å². The van der Waals surface area contributed by atoms with Crippen molar-refractivity contribution in [1.29, 1.82) is 0 Å². The molecule has 8 heteroatoms. The van der Waals surface area contributed by atoms with E-state index in [9.17, 15) is 14.4 Å². The molecule has 3 rings (SSSR count). The van der Waals surface area contributed by atoms with E-state index in [0.29, 0.717) is 11.4 Å². The van der Waals surface area contributed by atoms with Crippen molar-refractivity contribution in [3.63, 3.8) is 0 Å². The van der Waals surface area contributed by atoms with E-state index in [1.54, 1.807) is 19.1 Å². The zero-order chi connectivity index (χ0) is 16.4. The average Bonchev–Trinajstić information content (AvgIpc) is 2.54. The quantitative estimate of drug-likeness (QED) is 0.767. The van der Waals surface area contributed by atoms with Gasteiger partial charge in [0.05, 0.1) is 11.7 Å². The summed E-state index contributed by atoms with van der Waals surface area (Å²) >= 11 is 0. The first-order chi connectivity index (χ1) is 11.0. The molecule has 1 aliphatic heterocycles. The van der Waals surface area contributed by atoms with E-state index in [0.717, 1.165) is 5.56 Å². The maximum absolute atomic E-state index is 12.1. The fraction of sp³-hybridized carbons (Fsp3) is 0.200. The first-order valence-electron chi connectivity index (χ1n) is 6.96. The van der Waals surface area contributed by atoms with Gasteiger partial charge in [-0.15, -0.1) is 0 Å². The molecular formula is C15H14N4O4. The molecule has 0 aliphatic carbocycles. The molecule has 118 valence electrons. The molecule has 0 saturated carbocycles. The van der Waals surface area contributed by atoms with Crippen molar-refractivity contribution in [3.05, 3.63) is 51.9 Å².